The zero-order valence-electron chi connectivity index (χ0n) is 6.26. The fourth-order valence-electron chi connectivity index (χ4n) is 0.581. The minimum absolute atomic E-state index is 0.213. The van der Waals surface area contributed by atoms with Crippen LogP contribution in [-0.2, 0) is 9.53 Å². The molecule has 0 saturated carbocycles. The van der Waals surface area contributed by atoms with Gasteiger partial charge in [-0.25, -0.2) is 0 Å². The highest BCUT2D eigenvalue weighted by Gasteiger charge is 2.09. The first-order chi connectivity index (χ1) is 4.22. The van der Waals surface area contributed by atoms with Gasteiger partial charge in [0.05, 0.1) is 0 Å². The number of hydrogen-bond donors (Lipinski definition) is 0. The highest BCUT2D eigenvalue weighted by atomic mass is 16.5. The van der Waals surface area contributed by atoms with Crippen LogP contribution in [0.2, 0.25) is 0 Å². The van der Waals surface area contributed by atoms with Gasteiger partial charge in [-0.05, 0) is 12.8 Å². The maximum atomic E-state index is 10.2. The Bertz CT molecular complexity index is 79.0. The summed E-state index contributed by atoms with van der Waals surface area (Å²) in [5.74, 6) is 0.294. The van der Waals surface area contributed by atoms with Gasteiger partial charge in [-0.2, -0.15) is 0 Å². The molecule has 0 amide bonds. The molecule has 0 heterocycles. The van der Waals surface area contributed by atoms with Crippen molar-refractivity contribution in [3.8, 4) is 0 Å². The second kappa shape index (κ2) is 4.50. The zero-order chi connectivity index (χ0) is 7.28. The quantitative estimate of drug-likeness (QED) is 0.535. The van der Waals surface area contributed by atoms with Crippen LogP contribution in [0.5, 0.6) is 0 Å². The van der Waals surface area contributed by atoms with E-state index in [4.69, 9.17) is 4.74 Å². The van der Waals surface area contributed by atoms with Crippen LogP contribution in [0.4, 0.5) is 0 Å². The van der Waals surface area contributed by atoms with Gasteiger partial charge >= 0.3 is 0 Å². The molecule has 1 atom stereocenters. The van der Waals surface area contributed by atoms with Crippen LogP contribution in [0.25, 0.3) is 0 Å². The summed E-state index contributed by atoms with van der Waals surface area (Å²) in [6.07, 6.45) is 0.642. The Morgan fingerprint density at radius 1 is 1.56 bits per heavy atom. The summed E-state index contributed by atoms with van der Waals surface area (Å²) in [4.78, 5) is 10.2. The highest BCUT2D eigenvalue weighted by molar-refractivity contribution is 5.56. The summed E-state index contributed by atoms with van der Waals surface area (Å²) in [7, 11) is 0. The van der Waals surface area contributed by atoms with Gasteiger partial charge in [0.15, 0.2) is 0 Å². The van der Waals surface area contributed by atoms with E-state index in [2.05, 4.69) is 0 Å². The first-order valence-corrected chi connectivity index (χ1v) is 3.29. The van der Waals surface area contributed by atoms with Crippen molar-refractivity contribution in [2.45, 2.75) is 26.9 Å². The van der Waals surface area contributed by atoms with E-state index in [1.54, 1.807) is 0 Å². The minimum Gasteiger partial charge on any atom is -0.371 e. The van der Waals surface area contributed by atoms with Crippen molar-refractivity contribution in [2.75, 3.05) is 6.61 Å². The zero-order valence-corrected chi connectivity index (χ0v) is 6.26. The number of ether oxygens (including phenoxy) is 1. The maximum Gasteiger partial charge on any atom is 0.149 e. The number of carbonyl (C=O) groups excluding carboxylic acids is 1. The SMILES string of the molecule is CCOC(C=O)C(C)C. The van der Waals surface area contributed by atoms with E-state index in [0.717, 1.165) is 6.29 Å². The van der Waals surface area contributed by atoms with Crippen LogP contribution < -0.4 is 0 Å². The highest BCUT2D eigenvalue weighted by Crippen LogP contribution is 2.02. The van der Waals surface area contributed by atoms with Crippen molar-refractivity contribution in [3.05, 3.63) is 0 Å². The fraction of sp³-hybridized carbons (Fsp3) is 0.857. The molecule has 2 heteroatoms. The van der Waals surface area contributed by atoms with Gasteiger partial charge in [-0.15, -0.1) is 0 Å². The second-order valence-corrected chi connectivity index (χ2v) is 2.30. The molecule has 0 saturated heterocycles. The molecule has 2 nitrogen and oxygen atoms in total. The van der Waals surface area contributed by atoms with Gasteiger partial charge in [0.1, 0.15) is 12.4 Å². The average molecular weight is 130 g/mol. The molecule has 0 aromatic carbocycles. The molecule has 54 valence electrons. The fourth-order valence-corrected chi connectivity index (χ4v) is 0.581. The van der Waals surface area contributed by atoms with Gasteiger partial charge in [0.2, 0.25) is 0 Å². The normalized spacial score (nSPS) is 13.8. The summed E-state index contributed by atoms with van der Waals surface area (Å²) in [5, 5.41) is 0. The third kappa shape index (κ3) is 3.25. The van der Waals surface area contributed by atoms with Crippen molar-refractivity contribution >= 4 is 6.29 Å². The Morgan fingerprint density at radius 2 is 2.11 bits per heavy atom. The third-order valence-electron chi connectivity index (χ3n) is 1.15. The smallest absolute Gasteiger partial charge is 0.149 e. The van der Waals surface area contributed by atoms with Crippen molar-refractivity contribution in [3.63, 3.8) is 0 Å². The molecular formula is C7H14O2. The monoisotopic (exact) mass is 130 g/mol. The van der Waals surface area contributed by atoms with E-state index in [1.807, 2.05) is 20.8 Å². The molecule has 0 aromatic heterocycles. The lowest BCUT2D eigenvalue weighted by Gasteiger charge is -2.12. The topological polar surface area (TPSA) is 26.3 Å². The Kier molecular flexibility index (Phi) is 4.32. The molecule has 9 heavy (non-hydrogen) atoms. The van der Waals surface area contributed by atoms with E-state index in [0.29, 0.717) is 12.5 Å². The molecule has 0 rings (SSSR count). The molecule has 0 aliphatic heterocycles. The summed E-state index contributed by atoms with van der Waals surface area (Å²) in [6, 6.07) is 0. The summed E-state index contributed by atoms with van der Waals surface area (Å²) < 4.78 is 5.08. The van der Waals surface area contributed by atoms with Crippen molar-refractivity contribution in [1.82, 2.24) is 0 Å². The standard InChI is InChI=1S/C7H14O2/c1-4-9-7(5-8)6(2)3/h5-7H,4H2,1-3H3. The van der Waals surface area contributed by atoms with E-state index in [9.17, 15) is 4.79 Å². The van der Waals surface area contributed by atoms with E-state index in [1.165, 1.54) is 0 Å². The third-order valence-corrected chi connectivity index (χ3v) is 1.15. The second-order valence-electron chi connectivity index (χ2n) is 2.30. The number of hydrogen-bond acceptors (Lipinski definition) is 2. The van der Waals surface area contributed by atoms with Crippen molar-refractivity contribution in [2.24, 2.45) is 5.92 Å². The molecular weight excluding hydrogens is 116 g/mol. The molecule has 0 radical (unpaired) electrons. The molecule has 0 N–H and O–H groups in total. The van der Waals surface area contributed by atoms with Crippen LogP contribution in [0.1, 0.15) is 20.8 Å². The molecule has 1 unspecified atom stereocenters. The molecule has 0 aromatic rings. The molecule has 0 bridgehead atoms. The van der Waals surface area contributed by atoms with Gasteiger partial charge < -0.3 is 9.53 Å². The first-order valence-electron chi connectivity index (χ1n) is 3.29. The average Bonchev–Trinajstić information content (AvgIpc) is 1.82. The van der Waals surface area contributed by atoms with Crippen LogP contribution >= 0.6 is 0 Å². The van der Waals surface area contributed by atoms with E-state index < -0.39 is 0 Å². The van der Waals surface area contributed by atoms with Crippen LogP contribution in [0.15, 0.2) is 0 Å². The Balaban J connectivity index is 3.54. The molecule has 0 aliphatic carbocycles. The number of aldehydes is 1. The molecule has 0 spiro atoms. The Labute approximate surface area is 56.2 Å². The first kappa shape index (κ1) is 8.63. The van der Waals surface area contributed by atoms with Crippen molar-refractivity contribution in [1.29, 1.82) is 0 Å². The molecule has 0 fully saturated rings. The lowest BCUT2D eigenvalue weighted by Crippen LogP contribution is -2.20. The number of rotatable bonds is 4. The maximum absolute atomic E-state index is 10.2. The lowest BCUT2D eigenvalue weighted by molar-refractivity contribution is -0.120. The van der Waals surface area contributed by atoms with Gasteiger partial charge in [-0.3, -0.25) is 0 Å². The van der Waals surface area contributed by atoms with Gasteiger partial charge in [0, 0.05) is 6.61 Å². The van der Waals surface area contributed by atoms with Crippen LogP contribution in [-0.4, -0.2) is 19.0 Å². The van der Waals surface area contributed by atoms with E-state index >= 15 is 0 Å². The Hall–Kier alpha value is -0.370. The van der Waals surface area contributed by atoms with Gasteiger partial charge in [0.25, 0.3) is 0 Å². The number of carbonyl (C=O) groups is 1. The summed E-state index contributed by atoms with van der Waals surface area (Å²) in [6.45, 7) is 6.43. The van der Waals surface area contributed by atoms with Crippen LogP contribution in [0.3, 0.4) is 0 Å². The Morgan fingerprint density at radius 3 is 2.22 bits per heavy atom. The molecule has 0 aliphatic rings. The van der Waals surface area contributed by atoms with Crippen molar-refractivity contribution < 1.29 is 9.53 Å². The minimum atomic E-state index is -0.213. The van der Waals surface area contributed by atoms with Gasteiger partial charge in [-0.1, -0.05) is 13.8 Å². The van der Waals surface area contributed by atoms with E-state index in [-0.39, 0.29) is 6.10 Å². The largest absolute Gasteiger partial charge is 0.371 e. The predicted molar refractivity (Wildman–Crippen MR) is 36.3 cm³/mol. The summed E-state index contributed by atoms with van der Waals surface area (Å²) in [5.41, 5.74) is 0. The lowest BCUT2D eigenvalue weighted by atomic mass is 10.1. The van der Waals surface area contributed by atoms with Crippen LogP contribution in [0, 0.1) is 5.92 Å². The predicted octanol–water partition coefficient (Wildman–Crippen LogP) is 1.25. The summed E-state index contributed by atoms with van der Waals surface area (Å²) >= 11 is 0.